The zero-order chi connectivity index (χ0) is 11.4. The van der Waals surface area contributed by atoms with E-state index in [-0.39, 0.29) is 6.10 Å². The molecule has 0 radical (unpaired) electrons. The van der Waals surface area contributed by atoms with Crippen LogP contribution in [-0.2, 0) is 11.2 Å². The highest BCUT2D eigenvalue weighted by Crippen LogP contribution is 2.32. The van der Waals surface area contributed by atoms with Crippen molar-refractivity contribution in [2.24, 2.45) is 0 Å². The van der Waals surface area contributed by atoms with Crippen molar-refractivity contribution in [3.05, 3.63) is 47.5 Å². The van der Waals surface area contributed by atoms with E-state index in [0.29, 0.717) is 12.4 Å². The molecule has 0 spiro atoms. The monoisotopic (exact) mass is 234 g/mol. The van der Waals surface area contributed by atoms with E-state index in [9.17, 15) is 0 Å². The third-order valence-electron chi connectivity index (χ3n) is 3.03. The first-order valence-electron chi connectivity index (χ1n) is 5.78. The van der Waals surface area contributed by atoms with Crippen LogP contribution in [0.5, 0.6) is 0 Å². The number of thiol groups is 1. The number of hydrogen-bond donors (Lipinski definition) is 1. The van der Waals surface area contributed by atoms with Crippen LogP contribution >= 0.6 is 12.6 Å². The van der Waals surface area contributed by atoms with Gasteiger partial charge in [0.25, 0.3) is 0 Å². The summed E-state index contributed by atoms with van der Waals surface area (Å²) in [6.07, 6.45) is 3.77. The maximum absolute atomic E-state index is 5.91. The summed E-state index contributed by atoms with van der Waals surface area (Å²) >= 11 is 4.19. The molecule has 0 heterocycles. The van der Waals surface area contributed by atoms with E-state index >= 15 is 0 Å². The molecule has 1 nitrogen and oxygen atoms in total. The minimum atomic E-state index is 0.251. The molecule has 16 heavy (non-hydrogen) atoms. The molecule has 2 heteroatoms. The molecule has 0 aliphatic heterocycles. The molecule has 1 atom stereocenters. The van der Waals surface area contributed by atoms with Gasteiger partial charge in [-0.1, -0.05) is 30.8 Å². The fraction of sp³-hybridized carbons (Fsp3) is 0.429. The summed E-state index contributed by atoms with van der Waals surface area (Å²) < 4.78 is 5.91. The summed E-state index contributed by atoms with van der Waals surface area (Å²) in [5, 5.41) is 0. The number of rotatable bonds is 4. The van der Waals surface area contributed by atoms with Crippen LogP contribution in [0.3, 0.4) is 0 Å². The highest BCUT2D eigenvalue weighted by Gasteiger charge is 2.19. The number of aryl methyl sites for hydroxylation is 1. The molecule has 0 amide bonds. The molecular weight excluding hydrogens is 216 g/mol. The number of fused-ring (bicyclic) bond motifs is 1. The first-order valence-corrected chi connectivity index (χ1v) is 6.41. The Morgan fingerprint density at radius 1 is 1.44 bits per heavy atom. The molecule has 0 saturated carbocycles. The molecule has 1 aromatic carbocycles. The van der Waals surface area contributed by atoms with Crippen molar-refractivity contribution in [3.63, 3.8) is 0 Å². The van der Waals surface area contributed by atoms with Gasteiger partial charge in [-0.3, -0.25) is 0 Å². The average Bonchev–Trinajstić information content (AvgIpc) is 2.35. The van der Waals surface area contributed by atoms with Crippen molar-refractivity contribution in [2.45, 2.75) is 25.4 Å². The Morgan fingerprint density at radius 3 is 3.06 bits per heavy atom. The van der Waals surface area contributed by atoms with Gasteiger partial charge in [0.2, 0.25) is 0 Å². The van der Waals surface area contributed by atoms with Gasteiger partial charge in [0.1, 0.15) is 0 Å². The molecule has 1 aliphatic rings. The standard InChI is InChI=1S/C14H18OS/c1-11(10-16)9-15-14-8-4-6-12-5-2-3-7-13(12)14/h2-3,5,7,14,16H,1,4,6,8-10H2. The van der Waals surface area contributed by atoms with Gasteiger partial charge < -0.3 is 4.74 Å². The van der Waals surface area contributed by atoms with Crippen LogP contribution in [-0.4, -0.2) is 12.4 Å². The number of ether oxygens (including phenoxy) is 1. The van der Waals surface area contributed by atoms with Crippen LogP contribution in [0, 0.1) is 0 Å². The van der Waals surface area contributed by atoms with Crippen LogP contribution in [0.2, 0.25) is 0 Å². The van der Waals surface area contributed by atoms with Crippen LogP contribution in [0.4, 0.5) is 0 Å². The Morgan fingerprint density at radius 2 is 2.25 bits per heavy atom. The van der Waals surface area contributed by atoms with Crippen molar-refractivity contribution in [3.8, 4) is 0 Å². The fourth-order valence-corrected chi connectivity index (χ4v) is 2.24. The SMILES string of the molecule is C=C(CS)COC1CCCc2ccccc21. The topological polar surface area (TPSA) is 9.23 Å². The van der Waals surface area contributed by atoms with Gasteiger partial charge in [-0.2, -0.15) is 12.6 Å². The zero-order valence-corrected chi connectivity index (χ0v) is 10.4. The van der Waals surface area contributed by atoms with E-state index in [1.807, 2.05) is 0 Å². The van der Waals surface area contributed by atoms with Gasteiger partial charge in [-0.15, -0.1) is 0 Å². The summed E-state index contributed by atoms with van der Waals surface area (Å²) in [5.74, 6) is 0.703. The molecule has 1 aliphatic carbocycles. The predicted molar refractivity (Wildman–Crippen MR) is 71.1 cm³/mol. The average molecular weight is 234 g/mol. The van der Waals surface area contributed by atoms with Crippen LogP contribution < -0.4 is 0 Å². The summed E-state index contributed by atoms with van der Waals surface area (Å²) in [7, 11) is 0. The summed E-state index contributed by atoms with van der Waals surface area (Å²) in [6.45, 7) is 4.54. The van der Waals surface area contributed by atoms with E-state index in [1.54, 1.807) is 0 Å². The predicted octanol–water partition coefficient (Wildman–Crippen LogP) is 3.57. The molecule has 0 aromatic heterocycles. The van der Waals surface area contributed by atoms with Gasteiger partial charge in [0.05, 0.1) is 12.7 Å². The van der Waals surface area contributed by atoms with Gasteiger partial charge in [0.15, 0.2) is 0 Å². The van der Waals surface area contributed by atoms with Crippen LogP contribution in [0.15, 0.2) is 36.4 Å². The van der Waals surface area contributed by atoms with Crippen LogP contribution in [0.1, 0.15) is 30.1 Å². The minimum absolute atomic E-state index is 0.251. The smallest absolute Gasteiger partial charge is 0.0832 e. The Hall–Kier alpha value is -0.730. The summed E-state index contributed by atoms with van der Waals surface area (Å²) in [4.78, 5) is 0. The maximum atomic E-state index is 5.91. The third kappa shape index (κ3) is 2.69. The molecule has 86 valence electrons. The molecule has 2 rings (SSSR count). The molecule has 0 N–H and O–H groups in total. The van der Waals surface area contributed by atoms with Crippen molar-refractivity contribution >= 4 is 12.6 Å². The molecule has 1 aromatic rings. The lowest BCUT2D eigenvalue weighted by Crippen LogP contribution is -2.14. The highest BCUT2D eigenvalue weighted by molar-refractivity contribution is 7.80. The van der Waals surface area contributed by atoms with Crippen molar-refractivity contribution in [2.75, 3.05) is 12.4 Å². The fourth-order valence-electron chi connectivity index (χ4n) is 2.15. The normalized spacial score (nSPS) is 19.2. The Bertz CT molecular complexity index is 373. The van der Waals surface area contributed by atoms with Gasteiger partial charge in [0, 0.05) is 5.75 Å². The van der Waals surface area contributed by atoms with Crippen molar-refractivity contribution < 1.29 is 4.74 Å². The van der Waals surface area contributed by atoms with E-state index < -0.39 is 0 Å². The first-order chi connectivity index (χ1) is 7.81. The van der Waals surface area contributed by atoms with E-state index in [1.165, 1.54) is 24.0 Å². The van der Waals surface area contributed by atoms with Crippen molar-refractivity contribution in [1.29, 1.82) is 0 Å². The van der Waals surface area contributed by atoms with Gasteiger partial charge in [-0.25, -0.2) is 0 Å². The lowest BCUT2D eigenvalue weighted by atomic mass is 9.89. The minimum Gasteiger partial charge on any atom is -0.369 e. The third-order valence-corrected chi connectivity index (χ3v) is 3.47. The second-order valence-electron chi connectivity index (χ2n) is 4.30. The summed E-state index contributed by atoms with van der Waals surface area (Å²) in [5.41, 5.74) is 3.85. The lowest BCUT2D eigenvalue weighted by molar-refractivity contribution is 0.0569. The molecule has 0 saturated heterocycles. The van der Waals surface area contributed by atoms with E-state index in [4.69, 9.17) is 4.74 Å². The first kappa shape index (κ1) is 11.7. The molecular formula is C14H18OS. The van der Waals surface area contributed by atoms with Crippen LogP contribution in [0.25, 0.3) is 0 Å². The maximum Gasteiger partial charge on any atom is 0.0832 e. The lowest BCUT2D eigenvalue weighted by Gasteiger charge is -2.25. The van der Waals surface area contributed by atoms with Crippen molar-refractivity contribution in [1.82, 2.24) is 0 Å². The zero-order valence-electron chi connectivity index (χ0n) is 9.48. The van der Waals surface area contributed by atoms with Gasteiger partial charge >= 0.3 is 0 Å². The second kappa shape index (κ2) is 5.55. The molecule has 0 bridgehead atoms. The Balaban J connectivity index is 2.04. The summed E-state index contributed by atoms with van der Waals surface area (Å²) in [6, 6.07) is 8.59. The molecule has 1 unspecified atom stereocenters. The molecule has 0 fully saturated rings. The van der Waals surface area contributed by atoms with E-state index in [0.717, 1.165) is 12.0 Å². The number of benzene rings is 1. The van der Waals surface area contributed by atoms with Gasteiger partial charge in [-0.05, 0) is 36.0 Å². The Labute approximate surface area is 103 Å². The largest absolute Gasteiger partial charge is 0.369 e. The Kier molecular flexibility index (Phi) is 4.08. The highest BCUT2D eigenvalue weighted by atomic mass is 32.1. The quantitative estimate of drug-likeness (QED) is 0.619. The number of hydrogen-bond acceptors (Lipinski definition) is 2. The second-order valence-corrected chi connectivity index (χ2v) is 4.62. The van der Waals surface area contributed by atoms with E-state index in [2.05, 4.69) is 43.5 Å².